The number of amides is 1. The van der Waals surface area contributed by atoms with Crippen LogP contribution in [0.4, 0.5) is 4.79 Å². The molecule has 7 nitrogen and oxygen atoms in total. The summed E-state index contributed by atoms with van der Waals surface area (Å²) in [7, 11) is 3.39. The van der Waals surface area contributed by atoms with E-state index in [1.165, 1.54) is 11.1 Å². The second-order valence-corrected chi connectivity index (χ2v) is 10.9. The van der Waals surface area contributed by atoms with Crippen LogP contribution < -0.4 is 14.8 Å². The molecule has 0 saturated carbocycles. The van der Waals surface area contributed by atoms with E-state index in [2.05, 4.69) is 50.0 Å². The second kappa shape index (κ2) is 10.7. The fourth-order valence-electron chi connectivity index (χ4n) is 6.12. The fraction of sp³-hybridized carbons (Fsp3) is 0.741. The largest absolute Gasteiger partial charge is 0.493 e. The van der Waals surface area contributed by atoms with Crippen molar-refractivity contribution in [3.8, 4) is 11.5 Å². The van der Waals surface area contributed by atoms with Gasteiger partial charge in [0.1, 0.15) is 0 Å². The van der Waals surface area contributed by atoms with E-state index < -0.39 is 0 Å². The number of nitrogens with one attached hydrogen (secondary N) is 1. The Morgan fingerprint density at radius 2 is 1.85 bits per heavy atom. The summed E-state index contributed by atoms with van der Waals surface area (Å²) in [5, 5.41) is 3.43. The number of methoxy groups -OCH3 is 2. The van der Waals surface area contributed by atoms with Gasteiger partial charge in [-0.05, 0) is 74.1 Å². The van der Waals surface area contributed by atoms with E-state index in [0.717, 1.165) is 50.4 Å². The summed E-state index contributed by atoms with van der Waals surface area (Å²) in [6, 6.07) is 5.10. The summed E-state index contributed by atoms with van der Waals surface area (Å²) in [5.41, 5.74) is 2.69. The zero-order valence-electron chi connectivity index (χ0n) is 21.8. The smallest absolute Gasteiger partial charge is 0.410 e. The van der Waals surface area contributed by atoms with Gasteiger partial charge in [-0.25, -0.2) is 4.79 Å². The van der Waals surface area contributed by atoms with Gasteiger partial charge in [0.15, 0.2) is 11.5 Å². The maximum Gasteiger partial charge on any atom is 0.410 e. The first-order valence-corrected chi connectivity index (χ1v) is 13.0. The van der Waals surface area contributed by atoms with Crippen molar-refractivity contribution in [1.29, 1.82) is 0 Å². The molecule has 0 bridgehead atoms. The molecule has 2 saturated heterocycles. The lowest BCUT2D eigenvalue weighted by Gasteiger charge is -2.47. The second-order valence-electron chi connectivity index (χ2n) is 10.9. The first-order valence-electron chi connectivity index (χ1n) is 13.0. The number of nitrogens with zero attached hydrogens (tertiary/aromatic N) is 2. The average Bonchev–Trinajstić information content (AvgIpc) is 2.82. The third kappa shape index (κ3) is 5.30. The molecule has 34 heavy (non-hydrogen) atoms. The Morgan fingerprint density at radius 3 is 2.56 bits per heavy atom. The SMILES string of the molecule is COc1cc2c(cc1OC)C1CC(COC(=O)N3CC(C)NCC3C)C(CC(C)C)CN1CC2. The van der Waals surface area contributed by atoms with Gasteiger partial charge in [0.2, 0.25) is 0 Å². The summed E-state index contributed by atoms with van der Waals surface area (Å²) >= 11 is 0. The number of carbonyl (C=O) groups excluding carboxylic acids is 1. The molecule has 3 heterocycles. The van der Waals surface area contributed by atoms with Gasteiger partial charge in [0, 0.05) is 44.3 Å². The lowest BCUT2D eigenvalue weighted by molar-refractivity contribution is 0.000797. The Morgan fingerprint density at radius 1 is 1.12 bits per heavy atom. The first-order chi connectivity index (χ1) is 16.3. The van der Waals surface area contributed by atoms with Crippen molar-refractivity contribution in [3.05, 3.63) is 23.3 Å². The number of hydrogen-bond donors (Lipinski definition) is 1. The van der Waals surface area contributed by atoms with E-state index in [-0.39, 0.29) is 12.1 Å². The Hall–Kier alpha value is -1.99. The van der Waals surface area contributed by atoms with Gasteiger partial charge in [0.05, 0.1) is 20.8 Å². The van der Waals surface area contributed by atoms with Gasteiger partial charge in [-0.3, -0.25) is 4.90 Å². The maximum absolute atomic E-state index is 13.0. The van der Waals surface area contributed by atoms with Gasteiger partial charge < -0.3 is 24.4 Å². The number of fused-ring (bicyclic) bond motifs is 3. The number of ether oxygens (including phenoxy) is 3. The normalized spacial score (nSPS) is 29.4. The van der Waals surface area contributed by atoms with Crippen molar-refractivity contribution in [2.75, 3.05) is 47.0 Å². The molecule has 1 N–H and O–H groups in total. The molecule has 0 aliphatic carbocycles. The number of piperidine rings is 1. The predicted octanol–water partition coefficient (Wildman–Crippen LogP) is 4.10. The van der Waals surface area contributed by atoms with Crippen LogP contribution in [-0.4, -0.2) is 75.0 Å². The Kier molecular flexibility index (Phi) is 7.93. The highest BCUT2D eigenvalue weighted by Gasteiger charge is 2.40. The molecule has 4 rings (SSSR count). The van der Waals surface area contributed by atoms with Crippen LogP contribution in [0.2, 0.25) is 0 Å². The molecular formula is C27H43N3O4. The molecule has 3 aliphatic rings. The van der Waals surface area contributed by atoms with E-state index in [4.69, 9.17) is 14.2 Å². The molecule has 1 amide bonds. The van der Waals surface area contributed by atoms with Crippen molar-refractivity contribution in [1.82, 2.24) is 15.1 Å². The van der Waals surface area contributed by atoms with Crippen LogP contribution in [0.25, 0.3) is 0 Å². The molecule has 0 aromatic heterocycles. The van der Waals surface area contributed by atoms with Crippen molar-refractivity contribution in [3.63, 3.8) is 0 Å². The van der Waals surface area contributed by atoms with E-state index >= 15 is 0 Å². The van der Waals surface area contributed by atoms with E-state index in [0.29, 0.717) is 43.0 Å². The average molecular weight is 474 g/mol. The number of carbonyl (C=O) groups is 1. The van der Waals surface area contributed by atoms with Crippen molar-refractivity contribution in [2.24, 2.45) is 17.8 Å². The predicted molar refractivity (Wildman–Crippen MR) is 134 cm³/mol. The Bertz CT molecular complexity index is 861. The fourth-order valence-corrected chi connectivity index (χ4v) is 6.12. The van der Waals surface area contributed by atoms with E-state index in [9.17, 15) is 4.79 Å². The topological polar surface area (TPSA) is 63.3 Å². The quantitative estimate of drug-likeness (QED) is 0.671. The van der Waals surface area contributed by atoms with E-state index in [1.807, 2.05) is 4.90 Å². The molecule has 5 unspecified atom stereocenters. The monoisotopic (exact) mass is 473 g/mol. The summed E-state index contributed by atoms with van der Waals surface area (Å²) in [6.07, 6.45) is 3.02. The minimum absolute atomic E-state index is 0.157. The molecule has 190 valence electrons. The number of piperazine rings is 1. The zero-order valence-corrected chi connectivity index (χ0v) is 21.8. The zero-order chi connectivity index (χ0) is 24.4. The lowest BCUT2D eigenvalue weighted by atomic mass is 9.74. The molecule has 1 aromatic carbocycles. The van der Waals surface area contributed by atoms with Gasteiger partial charge in [-0.2, -0.15) is 0 Å². The van der Waals surface area contributed by atoms with Crippen LogP contribution in [0.15, 0.2) is 12.1 Å². The number of benzene rings is 1. The number of rotatable bonds is 6. The molecule has 2 fully saturated rings. The Balaban J connectivity index is 1.51. The highest BCUT2D eigenvalue weighted by Crippen LogP contribution is 2.45. The third-order valence-corrected chi connectivity index (χ3v) is 7.97. The molecule has 5 atom stereocenters. The van der Waals surface area contributed by atoms with Crippen LogP contribution in [0.5, 0.6) is 11.5 Å². The minimum Gasteiger partial charge on any atom is -0.493 e. The van der Waals surface area contributed by atoms with Crippen LogP contribution >= 0.6 is 0 Å². The van der Waals surface area contributed by atoms with Gasteiger partial charge >= 0.3 is 6.09 Å². The van der Waals surface area contributed by atoms with Crippen molar-refractivity contribution in [2.45, 2.75) is 65.1 Å². The Labute approximate surface area is 205 Å². The number of hydrogen-bond acceptors (Lipinski definition) is 6. The summed E-state index contributed by atoms with van der Waals surface area (Å²) < 4.78 is 17.2. The molecular weight excluding hydrogens is 430 g/mol. The van der Waals surface area contributed by atoms with E-state index in [1.54, 1.807) is 14.2 Å². The summed E-state index contributed by atoms with van der Waals surface area (Å²) in [5.74, 6) is 3.09. The molecule has 0 radical (unpaired) electrons. The van der Waals surface area contributed by atoms with Crippen molar-refractivity contribution >= 4 is 6.09 Å². The highest BCUT2D eigenvalue weighted by molar-refractivity contribution is 5.68. The van der Waals surface area contributed by atoms with Crippen LogP contribution in [0, 0.1) is 17.8 Å². The van der Waals surface area contributed by atoms with Crippen LogP contribution in [0.1, 0.15) is 57.7 Å². The van der Waals surface area contributed by atoms with Crippen LogP contribution in [0.3, 0.4) is 0 Å². The first kappa shape index (κ1) is 25.1. The molecule has 7 heteroatoms. The summed E-state index contributed by atoms with van der Waals surface area (Å²) in [4.78, 5) is 17.5. The van der Waals surface area contributed by atoms with Gasteiger partial charge in [0.25, 0.3) is 0 Å². The van der Waals surface area contributed by atoms with Gasteiger partial charge in [-0.15, -0.1) is 0 Å². The maximum atomic E-state index is 13.0. The molecule has 1 aromatic rings. The standard InChI is InChI=1S/C27H43N3O4/c1-17(2)9-21-15-29-8-7-20-11-25(32-5)26(33-6)12-23(20)24(29)10-22(21)16-34-27(31)30-14-18(3)28-13-19(30)4/h11-12,17-19,21-22,24,28H,7-10,13-16H2,1-6H3. The van der Waals surface area contributed by atoms with Crippen LogP contribution in [-0.2, 0) is 11.2 Å². The lowest BCUT2D eigenvalue weighted by Crippen LogP contribution is -2.56. The molecule has 3 aliphatic heterocycles. The summed E-state index contributed by atoms with van der Waals surface area (Å²) in [6.45, 7) is 12.9. The highest BCUT2D eigenvalue weighted by atomic mass is 16.6. The van der Waals surface area contributed by atoms with Gasteiger partial charge in [-0.1, -0.05) is 13.8 Å². The minimum atomic E-state index is -0.165. The molecule has 0 spiro atoms. The van der Waals surface area contributed by atoms with Crippen molar-refractivity contribution < 1.29 is 19.0 Å². The third-order valence-electron chi connectivity index (χ3n) is 7.97.